The smallest absolute Gasteiger partial charge is 0.490 e. The van der Waals surface area contributed by atoms with E-state index in [4.69, 9.17) is 19.4 Å². The Hall–Kier alpha value is -2.86. The lowest BCUT2D eigenvalue weighted by atomic mass is 9.90. The Morgan fingerprint density at radius 2 is 1.91 bits per heavy atom. The number of hydrogen-bond acceptors (Lipinski definition) is 6. The molecule has 2 saturated heterocycles. The Balaban J connectivity index is 0.000000406. The van der Waals surface area contributed by atoms with Crippen LogP contribution in [0.15, 0.2) is 18.2 Å². The van der Waals surface area contributed by atoms with Crippen LogP contribution < -0.4 is 10.1 Å². The number of alkyl halides is 3. The molecule has 12 heteroatoms. The molecule has 2 fully saturated rings. The molecule has 0 radical (unpaired) electrons. The molecule has 9 nitrogen and oxygen atoms in total. The number of halogens is 3. The van der Waals surface area contributed by atoms with E-state index in [-0.39, 0.29) is 23.5 Å². The molecule has 0 aliphatic carbocycles. The molecule has 2 amide bonds. The lowest BCUT2D eigenvalue weighted by Crippen LogP contribution is -2.73. The van der Waals surface area contributed by atoms with E-state index in [9.17, 15) is 22.8 Å². The quantitative estimate of drug-likeness (QED) is 0.651. The average Bonchev–Trinajstić information content (AvgIpc) is 2.76. The van der Waals surface area contributed by atoms with Crippen LogP contribution in [0.5, 0.6) is 5.75 Å². The van der Waals surface area contributed by atoms with Crippen molar-refractivity contribution in [2.75, 3.05) is 46.9 Å². The summed E-state index contributed by atoms with van der Waals surface area (Å²) in [5.74, 6) is -1.72. The highest BCUT2D eigenvalue weighted by atomic mass is 19.4. The van der Waals surface area contributed by atoms with E-state index in [0.717, 1.165) is 30.8 Å². The number of carbonyl (C=O) groups excluding carboxylic acids is 2. The van der Waals surface area contributed by atoms with Gasteiger partial charge in [0.05, 0.1) is 32.7 Å². The van der Waals surface area contributed by atoms with Crippen molar-refractivity contribution in [2.45, 2.75) is 37.1 Å². The molecule has 4 rings (SSSR count). The van der Waals surface area contributed by atoms with Crippen LogP contribution in [0.3, 0.4) is 0 Å². The van der Waals surface area contributed by atoms with Gasteiger partial charge >= 0.3 is 12.1 Å². The van der Waals surface area contributed by atoms with Gasteiger partial charge in [0, 0.05) is 13.6 Å². The second-order valence-electron chi connectivity index (χ2n) is 8.66. The van der Waals surface area contributed by atoms with Crippen LogP contribution in [0.4, 0.5) is 13.2 Å². The van der Waals surface area contributed by atoms with Gasteiger partial charge in [0.25, 0.3) is 0 Å². The van der Waals surface area contributed by atoms with Gasteiger partial charge in [-0.15, -0.1) is 0 Å². The van der Waals surface area contributed by atoms with E-state index >= 15 is 0 Å². The van der Waals surface area contributed by atoms with Gasteiger partial charge in [-0.2, -0.15) is 13.2 Å². The SMILES string of the molecule is CNC(=O)C1COC2(CN(C(=O)Cc3ccc4c(c3)CCCO4)C2)CN1C.O=C(O)C(F)(F)F. The Kier molecular flexibility index (Phi) is 7.71. The number of likely N-dealkylation sites (N-methyl/N-ethyl adjacent to an activating group) is 2. The minimum absolute atomic E-state index is 0.0315. The molecule has 3 aliphatic rings. The molecule has 188 valence electrons. The van der Waals surface area contributed by atoms with Crippen molar-refractivity contribution < 1.29 is 42.1 Å². The molecular formula is C22H28F3N3O6. The monoisotopic (exact) mass is 487 g/mol. The number of aryl methyl sites for hydroxylation is 1. The Bertz CT molecular complexity index is 933. The summed E-state index contributed by atoms with van der Waals surface area (Å²) < 4.78 is 43.4. The fourth-order valence-corrected chi connectivity index (χ4v) is 4.26. The Morgan fingerprint density at radius 3 is 2.50 bits per heavy atom. The molecule has 1 aromatic carbocycles. The number of carbonyl (C=O) groups is 3. The number of ether oxygens (including phenoxy) is 2. The predicted molar refractivity (Wildman–Crippen MR) is 113 cm³/mol. The van der Waals surface area contributed by atoms with Crippen molar-refractivity contribution in [3.63, 3.8) is 0 Å². The van der Waals surface area contributed by atoms with Crippen LogP contribution in [-0.2, 0) is 32.0 Å². The van der Waals surface area contributed by atoms with Crippen LogP contribution in [0.25, 0.3) is 0 Å². The fraction of sp³-hybridized carbons (Fsp3) is 0.591. The number of nitrogens with zero attached hydrogens (tertiary/aromatic N) is 2. The summed E-state index contributed by atoms with van der Waals surface area (Å²) in [6, 6.07) is 5.80. The number of nitrogens with one attached hydrogen (secondary N) is 1. The minimum atomic E-state index is -5.08. The molecule has 0 bridgehead atoms. The van der Waals surface area contributed by atoms with Gasteiger partial charge in [0.2, 0.25) is 11.8 Å². The first-order chi connectivity index (χ1) is 15.9. The van der Waals surface area contributed by atoms with E-state index in [1.54, 1.807) is 7.05 Å². The zero-order valence-corrected chi connectivity index (χ0v) is 19.0. The second-order valence-corrected chi connectivity index (χ2v) is 8.66. The van der Waals surface area contributed by atoms with Crippen molar-refractivity contribution in [3.8, 4) is 5.75 Å². The van der Waals surface area contributed by atoms with Crippen molar-refractivity contribution in [1.29, 1.82) is 0 Å². The maximum Gasteiger partial charge on any atom is 0.490 e. The van der Waals surface area contributed by atoms with Crippen LogP contribution in [0.1, 0.15) is 17.5 Å². The predicted octanol–water partition coefficient (Wildman–Crippen LogP) is 0.845. The van der Waals surface area contributed by atoms with Gasteiger partial charge in [-0.25, -0.2) is 4.79 Å². The molecule has 2 N–H and O–H groups in total. The summed E-state index contributed by atoms with van der Waals surface area (Å²) in [7, 11) is 3.57. The zero-order chi connectivity index (χ0) is 25.1. The third-order valence-electron chi connectivity index (χ3n) is 6.05. The Labute approximate surface area is 194 Å². The molecule has 34 heavy (non-hydrogen) atoms. The minimum Gasteiger partial charge on any atom is -0.493 e. The summed E-state index contributed by atoms with van der Waals surface area (Å²) in [6.45, 7) is 2.97. The number of fused-ring (bicyclic) bond motifs is 1. The molecule has 1 aromatic rings. The standard InChI is InChI=1S/C20H27N3O4.C2HF3O2/c1-21-19(25)16-10-27-20(11-22(16)2)12-23(13-20)18(24)9-14-5-6-17-15(8-14)4-3-7-26-17;3-2(4,5)1(6)7/h5-6,8,16H,3-4,7,9-13H2,1-2H3,(H,21,25);(H,6,7). The Morgan fingerprint density at radius 1 is 1.24 bits per heavy atom. The first kappa shape index (κ1) is 25.8. The van der Waals surface area contributed by atoms with E-state index in [1.165, 1.54) is 5.56 Å². The highest BCUT2D eigenvalue weighted by Crippen LogP contribution is 2.31. The van der Waals surface area contributed by atoms with E-state index in [0.29, 0.717) is 32.7 Å². The van der Waals surface area contributed by atoms with Crippen LogP contribution >= 0.6 is 0 Å². The molecule has 0 saturated carbocycles. The number of morpholine rings is 1. The van der Waals surface area contributed by atoms with Crippen molar-refractivity contribution in [3.05, 3.63) is 29.3 Å². The summed E-state index contributed by atoms with van der Waals surface area (Å²) in [5, 5.41) is 9.80. The molecule has 1 spiro atoms. The van der Waals surface area contributed by atoms with E-state index < -0.39 is 12.1 Å². The number of rotatable bonds is 3. The summed E-state index contributed by atoms with van der Waals surface area (Å²) in [5.41, 5.74) is 1.90. The normalized spacial score (nSPS) is 21.3. The van der Waals surface area contributed by atoms with Crippen molar-refractivity contribution in [2.24, 2.45) is 0 Å². The van der Waals surface area contributed by atoms with Crippen molar-refractivity contribution in [1.82, 2.24) is 15.1 Å². The summed E-state index contributed by atoms with van der Waals surface area (Å²) in [6.07, 6.45) is -2.64. The molecular weight excluding hydrogens is 459 g/mol. The number of amides is 2. The second kappa shape index (κ2) is 10.2. The lowest BCUT2D eigenvalue weighted by Gasteiger charge is -2.54. The number of carboxylic acids is 1. The fourth-order valence-electron chi connectivity index (χ4n) is 4.26. The van der Waals surface area contributed by atoms with Crippen LogP contribution in [0, 0.1) is 0 Å². The van der Waals surface area contributed by atoms with Gasteiger partial charge in [-0.05, 0) is 37.1 Å². The van der Waals surface area contributed by atoms with Gasteiger partial charge < -0.3 is 24.8 Å². The highest BCUT2D eigenvalue weighted by molar-refractivity contribution is 5.82. The van der Waals surface area contributed by atoms with Gasteiger partial charge in [0.15, 0.2) is 0 Å². The maximum atomic E-state index is 12.7. The van der Waals surface area contributed by atoms with Crippen LogP contribution in [0.2, 0.25) is 0 Å². The van der Waals surface area contributed by atoms with Crippen LogP contribution in [-0.4, -0.2) is 97.5 Å². The number of benzene rings is 1. The third-order valence-corrected chi connectivity index (χ3v) is 6.05. The average molecular weight is 487 g/mol. The van der Waals surface area contributed by atoms with E-state index in [1.807, 2.05) is 29.0 Å². The third kappa shape index (κ3) is 5.98. The van der Waals surface area contributed by atoms with Gasteiger partial charge in [-0.1, -0.05) is 12.1 Å². The molecule has 3 aliphatic heterocycles. The zero-order valence-electron chi connectivity index (χ0n) is 19.0. The number of hydrogen-bond donors (Lipinski definition) is 2. The van der Waals surface area contributed by atoms with Crippen molar-refractivity contribution >= 4 is 17.8 Å². The first-order valence-corrected chi connectivity index (χ1v) is 10.8. The molecule has 3 heterocycles. The summed E-state index contributed by atoms with van der Waals surface area (Å²) in [4.78, 5) is 37.3. The first-order valence-electron chi connectivity index (χ1n) is 10.8. The highest BCUT2D eigenvalue weighted by Gasteiger charge is 2.51. The topological polar surface area (TPSA) is 108 Å². The van der Waals surface area contributed by atoms with Gasteiger partial charge in [-0.3, -0.25) is 14.5 Å². The largest absolute Gasteiger partial charge is 0.493 e. The number of likely N-dealkylation sites (tertiary alicyclic amines) is 1. The van der Waals surface area contributed by atoms with E-state index in [2.05, 4.69) is 11.4 Å². The number of aliphatic carboxylic acids is 1. The number of carboxylic acid groups (broad SMARTS) is 1. The molecule has 0 aromatic heterocycles. The maximum absolute atomic E-state index is 12.7. The lowest BCUT2D eigenvalue weighted by molar-refractivity contribution is -0.200. The van der Waals surface area contributed by atoms with Gasteiger partial charge in [0.1, 0.15) is 17.4 Å². The molecule has 1 atom stereocenters. The summed E-state index contributed by atoms with van der Waals surface area (Å²) >= 11 is 0. The molecule has 1 unspecified atom stereocenters.